The van der Waals surface area contributed by atoms with Crippen molar-refractivity contribution in [1.29, 1.82) is 0 Å². The number of aromatic amines is 1. The molecule has 1 fully saturated rings. The van der Waals surface area contributed by atoms with Gasteiger partial charge in [-0.3, -0.25) is 14.8 Å². The van der Waals surface area contributed by atoms with Crippen molar-refractivity contribution in [1.82, 2.24) is 20.2 Å². The van der Waals surface area contributed by atoms with E-state index in [-0.39, 0.29) is 12.3 Å². The summed E-state index contributed by atoms with van der Waals surface area (Å²) in [5.74, 6) is 1.96. The summed E-state index contributed by atoms with van der Waals surface area (Å²) < 4.78 is 0. The first-order valence-corrected chi connectivity index (χ1v) is 8.75. The van der Waals surface area contributed by atoms with Crippen molar-refractivity contribution in [3.05, 3.63) is 53.2 Å². The Balaban J connectivity index is 1.52. The Bertz CT molecular complexity index is 993. The number of rotatable bonds is 4. The molecule has 1 saturated carbocycles. The minimum absolute atomic E-state index is 0.0114. The number of nitrogens with zero attached hydrogens (tertiary/aromatic N) is 4. The number of H-pyrrole nitrogens is 1. The summed E-state index contributed by atoms with van der Waals surface area (Å²) in [6, 6.07) is 11.8. The summed E-state index contributed by atoms with van der Waals surface area (Å²) in [6.45, 7) is 0.469. The van der Waals surface area contributed by atoms with Gasteiger partial charge in [-0.1, -0.05) is 30.3 Å². The summed E-state index contributed by atoms with van der Waals surface area (Å²) in [6.07, 6.45) is 2.62. The predicted octanol–water partition coefficient (Wildman–Crippen LogP) is 2.42. The van der Waals surface area contributed by atoms with E-state index in [0.29, 0.717) is 41.2 Å². The van der Waals surface area contributed by atoms with Crippen LogP contribution in [-0.4, -0.2) is 26.1 Å². The highest BCUT2D eigenvalue weighted by Crippen LogP contribution is 2.40. The molecule has 0 radical (unpaired) electrons. The van der Waals surface area contributed by atoms with Gasteiger partial charge in [-0.25, -0.2) is 9.97 Å². The highest BCUT2D eigenvalue weighted by Gasteiger charge is 2.33. The summed E-state index contributed by atoms with van der Waals surface area (Å²) in [5.41, 5.74) is 9.66. The Labute approximate surface area is 150 Å². The van der Waals surface area contributed by atoms with Crippen molar-refractivity contribution < 1.29 is 4.79 Å². The molecular formula is C19H18N6O. The Kier molecular flexibility index (Phi) is 3.28. The molecule has 2 aromatic heterocycles. The molecule has 7 heteroatoms. The smallest absolute Gasteiger partial charge is 0.233 e. The van der Waals surface area contributed by atoms with Gasteiger partial charge in [-0.2, -0.15) is 5.10 Å². The predicted molar refractivity (Wildman–Crippen MR) is 97.3 cm³/mol. The van der Waals surface area contributed by atoms with E-state index in [2.05, 4.69) is 20.2 Å². The third kappa shape index (κ3) is 2.52. The highest BCUT2D eigenvalue weighted by atomic mass is 16.2. The van der Waals surface area contributed by atoms with Crippen molar-refractivity contribution in [3.8, 4) is 11.5 Å². The number of nitrogens with two attached hydrogens (primary N) is 1. The topological polar surface area (TPSA) is 101 Å². The van der Waals surface area contributed by atoms with Gasteiger partial charge in [0.25, 0.3) is 0 Å². The zero-order valence-electron chi connectivity index (χ0n) is 14.1. The van der Waals surface area contributed by atoms with Gasteiger partial charge in [0.05, 0.1) is 13.0 Å². The second kappa shape index (κ2) is 5.66. The van der Waals surface area contributed by atoms with Gasteiger partial charge in [0.2, 0.25) is 5.91 Å². The first-order chi connectivity index (χ1) is 12.7. The standard InChI is InChI=1S/C19H18N6O/c20-17-13-8-16(26)25(10-11-4-2-1-3-5-11)19(13)22-18(21-17)15-9-14(23-24-15)12-6-7-12/h1-5,9,12H,6-8,10H2,(H,23,24)(H2,20,21,22). The van der Waals surface area contributed by atoms with Crippen LogP contribution in [-0.2, 0) is 17.8 Å². The van der Waals surface area contributed by atoms with Crippen molar-refractivity contribution in [2.24, 2.45) is 0 Å². The minimum Gasteiger partial charge on any atom is -0.383 e. The molecule has 7 nitrogen and oxygen atoms in total. The molecule has 1 amide bonds. The minimum atomic E-state index is -0.0114. The molecule has 2 aliphatic rings. The van der Waals surface area contributed by atoms with Gasteiger partial charge in [0.1, 0.15) is 17.3 Å². The van der Waals surface area contributed by atoms with E-state index in [9.17, 15) is 4.79 Å². The van der Waals surface area contributed by atoms with Crippen LogP contribution >= 0.6 is 0 Å². The van der Waals surface area contributed by atoms with Crippen LogP contribution in [0.15, 0.2) is 36.4 Å². The van der Waals surface area contributed by atoms with Crippen LogP contribution in [0.1, 0.15) is 35.6 Å². The zero-order chi connectivity index (χ0) is 17.7. The monoisotopic (exact) mass is 346 g/mol. The van der Waals surface area contributed by atoms with Crippen LogP contribution in [0.5, 0.6) is 0 Å². The SMILES string of the molecule is Nc1nc(-c2cc(C3CC3)[nH]n2)nc2c1CC(=O)N2Cc1ccccc1. The summed E-state index contributed by atoms with van der Waals surface area (Å²) >= 11 is 0. The quantitative estimate of drug-likeness (QED) is 0.755. The number of nitrogen functional groups attached to an aromatic ring is 1. The first-order valence-electron chi connectivity index (χ1n) is 8.75. The van der Waals surface area contributed by atoms with Crippen LogP contribution in [0.25, 0.3) is 11.5 Å². The maximum absolute atomic E-state index is 12.5. The normalized spacial score (nSPS) is 16.2. The van der Waals surface area contributed by atoms with Gasteiger partial charge >= 0.3 is 0 Å². The maximum Gasteiger partial charge on any atom is 0.233 e. The second-order valence-electron chi connectivity index (χ2n) is 6.86. The summed E-state index contributed by atoms with van der Waals surface area (Å²) in [7, 11) is 0. The number of nitrogens with one attached hydrogen (secondary N) is 1. The largest absolute Gasteiger partial charge is 0.383 e. The zero-order valence-corrected chi connectivity index (χ0v) is 14.1. The van der Waals surface area contributed by atoms with E-state index in [1.165, 1.54) is 12.8 Å². The number of amides is 1. The number of benzene rings is 1. The van der Waals surface area contributed by atoms with Crippen LogP contribution in [0.3, 0.4) is 0 Å². The molecule has 5 rings (SSSR count). The number of carbonyl (C=O) groups is 1. The molecule has 3 heterocycles. The first kappa shape index (κ1) is 15.1. The molecule has 3 aromatic rings. The van der Waals surface area contributed by atoms with E-state index in [1.54, 1.807) is 4.90 Å². The average molecular weight is 346 g/mol. The highest BCUT2D eigenvalue weighted by molar-refractivity contribution is 6.01. The number of anilines is 2. The molecule has 0 atom stereocenters. The Morgan fingerprint density at radius 1 is 1.19 bits per heavy atom. The number of hydrogen-bond acceptors (Lipinski definition) is 5. The number of carbonyl (C=O) groups excluding carboxylic acids is 1. The fourth-order valence-electron chi connectivity index (χ4n) is 3.34. The summed E-state index contributed by atoms with van der Waals surface area (Å²) in [5, 5.41) is 7.40. The van der Waals surface area contributed by atoms with Gasteiger partial charge in [-0.05, 0) is 24.5 Å². The fraction of sp³-hybridized carbons (Fsp3) is 0.263. The van der Waals surface area contributed by atoms with Gasteiger partial charge in [0.15, 0.2) is 5.82 Å². The van der Waals surface area contributed by atoms with E-state index < -0.39 is 0 Å². The van der Waals surface area contributed by atoms with Crippen molar-refractivity contribution in [2.75, 3.05) is 10.6 Å². The lowest BCUT2D eigenvalue weighted by Gasteiger charge is -2.17. The lowest BCUT2D eigenvalue weighted by molar-refractivity contribution is -0.117. The van der Waals surface area contributed by atoms with Crippen molar-refractivity contribution in [3.63, 3.8) is 0 Å². The Hall–Kier alpha value is -3.22. The molecule has 26 heavy (non-hydrogen) atoms. The van der Waals surface area contributed by atoms with Crippen LogP contribution in [0, 0.1) is 0 Å². The third-order valence-corrected chi connectivity index (χ3v) is 4.93. The molecule has 1 aromatic carbocycles. The number of hydrogen-bond donors (Lipinski definition) is 2. The van der Waals surface area contributed by atoms with E-state index in [4.69, 9.17) is 5.73 Å². The van der Waals surface area contributed by atoms with Crippen molar-refractivity contribution >= 4 is 17.5 Å². The molecule has 1 aliphatic carbocycles. The molecule has 0 bridgehead atoms. The maximum atomic E-state index is 12.5. The van der Waals surface area contributed by atoms with Gasteiger partial charge < -0.3 is 5.73 Å². The summed E-state index contributed by atoms with van der Waals surface area (Å²) in [4.78, 5) is 23.2. The molecule has 0 saturated heterocycles. The van der Waals surface area contributed by atoms with Gasteiger partial charge in [-0.15, -0.1) is 0 Å². The van der Waals surface area contributed by atoms with E-state index in [0.717, 1.165) is 11.3 Å². The van der Waals surface area contributed by atoms with E-state index in [1.807, 2.05) is 36.4 Å². The third-order valence-electron chi connectivity index (χ3n) is 4.93. The lowest BCUT2D eigenvalue weighted by atomic mass is 10.2. The molecular weight excluding hydrogens is 328 g/mol. The number of aromatic nitrogens is 4. The van der Waals surface area contributed by atoms with Crippen LogP contribution in [0.2, 0.25) is 0 Å². The number of fused-ring (bicyclic) bond motifs is 1. The second-order valence-corrected chi connectivity index (χ2v) is 6.86. The molecule has 0 spiro atoms. The molecule has 3 N–H and O–H groups in total. The molecule has 130 valence electrons. The average Bonchev–Trinajstić information content (AvgIpc) is 3.30. The van der Waals surface area contributed by atoms with Gasteiger partial charge in [0, 0.05) is 17.2 Å². The molecule has 0 unspecified atom stereocenters. The van der Waals surface area contributed by atoms with Crippen LogP contribution < -0.4 is 10.6 Å². The Morgan fingerprint density at radius 2 is 2.00 bits per heavy atom. The van der Waals surface area contributed by atoms with E-state index >= 15 is 0 Å². The fourth-order valence-corrected chi connectivity index (χ4v) is 3.34. The van der Waals surface area contributed by atoms with Crippen LogP contribution in [0.4, 0.5) is 11.6 Å². The Morgan fingerprint density at radius 3 is 2.77 bits per heavy atom. The van der Waals surface area contributed by atoms with Crippen molar-refractivity contribution in [2.45, 2.75) is 31.7 Å². The lowest BCUT2D eigenvalue weighted by Crippen LogP contribution is -2.26. The molecule has 1 aliphatic heterocycles.